The summed E-state index contributed by atoms with van der Waals surface area (Å²) in [6.07, 6.45) is -0.729. The first-order valence-corrected chi connectivity index (χ1v) is 8.71. The second-order valence-corrected chi connectivity index (χ2v) is 7.43. The van der Waals surface area contributed by atoms with E-state index in [9.17, 15) is 9.59 Å². The Balaban J connectivity index is 1.93. The first-order valence-electron chi connectivity index (χ1n) is 8.71. The van der Waals surface area contributed by atoms with Crippen molar-refractivity contribution in [3.63, 3.8) is 0 Å². The molecule has 26 heavy (non-hydrogen) atoms. The number of rotatable bonds is 2. The van der Waals surface area contributed by atoms with E-state index >= 15 is 0 Å². The third-order valence-electron chi connectivity index (χ3n) is 4.56. The third-order valence-corrected chi connectivity index (χ3v) is 4.56. The van der Waals surface area contributed by atoms with Crippen molar-refractivity contribution in [3.05, 3.63) is 59.7 Å². The van der Waals surface area contributed by atoms with E-state index in [1.54, 1.807) is 18.0 Å². The van der Waals surface area contributed by atoms with Crippen molar-refractivity contribution in [3.8, 4) is 5.75 Å². The quantitative estimate of drug-likeness (QED) is 0.903. The van der Waals surface area contributed by atoms with Crippen molar-refractivity contribution < 1.29 is 14.3 Å². The number of benzene rings is 2. The summed E-state index contributed by atoms with van der Waals surface area (Å²) in [5, 5.41) is 2.59. The van der Waals surface area contributed by atoms with Crippen LogP contribution in [0.1, 0.15) is 36.7 Å². The highest BCUT2D eigenvalue weighted by atomic mass is 16.5. The molecule has 1 N–H and O–H groups in total. The van der Waals surface area contributed by atoms with Crippen molar-refractivity contribution in [2.45, 2.75) is 32.3 Å². The third kappa shape index (κ3) is 3.43. The minimum atomic E-state index is -0.729. The number of hydrogen-bond donors (Lipinski definition) is 1. The molecule has 2 aromatic rings. The zero-order valence-corrected chi connectivity index (χ0v) is 15.6. The van der Waals surface area contributed by atoms with Crippen LogP contribution in [0.15, 0.2) is 48.5 Å². The lowest BCUT2D eigenvalue weighted by molar-refractivity contribution is -0.127. The van der Waals surface area contributed by atoms with Crippen LogP contribution in [0.5, 0.6) is 5.75 Å². The summed E-state index contributed by atoms with van der Waals surface area (Å²) in [5.41, 5.74) is 2.46. The fraction of sp³-hybridized carbons (Fsp3) is 0.333. The summed E-state index contributed by atoms with van der Waals surface area (Å²) < 4.78 is 5.76. The summed E-state index contributed by atoms with van der Waals surface area (Å²) in [6.45, 7) is 6.58. The van der Waals surface area contributed by atoms with E-state index in [1.165, 1.54) is 5.56 Å². The number of likely N-dealkylation sites (N-methyl/N-ethyl adjacent to an activating group) is 1. The molecule has 1 aliphatic heterocycles. The van der Waals surface area contributed by atoms with E-state index < -0.39 is 6.10 Å². The highest BCUT2D eigenvalue weighted by Crippen LogP contribution is 2.34. The maximum atomic E-state index is 13.1. The summed E-state index contributed by atoms with van der Waals surface area (Å²) in [6, 6.07) is 14.9. The molecule has 0 fully saturated rings. The molecule has 1 aliphatic rings. The Morgan fingerprint density at radius 1 is 1.08 bits per heavy atom. The average molecular weight is 352 g/mol. The molecule has 0 bridgehead atoms. The molecule has 3 rings (SSSR count). The van der Waals surface area contributed by atoms with Gasteiger partial charge in [-0.25, -0.2) is 0 Å². The molecule has 1 atom stereocenters. The molecule has 0 aliphatic carbocycles. The Labute approximate surface area is 154 Å². The topological polar surface area (TPSA) is 58.6 Å². The van der Waals surface area contributed by atoms with Gasteiger partial charge >= 0.3 is 0 Å². The molecule has 0 radical (unpaired) electrons. The number of nitrogens with zero attached hydrogens (tertiary/aromatic N) is 1. The lowest BCUT2D eigenvalue weighted by Crippen LogP contribution is -2.50. The predicted octanol–water partition coefficient (Wildman–Crippen LogP) is 3.14. The Kier molecular flexibility index (Phi) is 4.72. The number of para-hydroxylation sites is 2. The lowest BCUT2D eigenvalue weighted by atomic mass is 9.86. The van der Waals surface area contributed by atoms with Gasteiger partial charge in [-0.15, -0.1) is 0 Å². The van der Waals surface area contributed by atoms with Crippen molar-refractivity contribution >= 4 is 17.5 Å². The monoisotopic (exact) mass is 352 g/mol. The smallest absolute Gasteiger partial charge is 0.262 e. The van der Waals surface area contributed by atoms with Crippen LogP contribution in [0.25, 0.3) is 0 Å². The van der Waals surface area contributed by atoms with Gasteiger partial charge in [0.2, 0.25) is 0 Å². The number of fused-ring (bicyclic) bond motifs is 1. The van der Waals surface area contributed by atoms with Crippen molar-refractivity contribution in [2.24, 2.45) is 0 Å². The van der Waals surface area contributed by atoms with Gasteiger partial charge in [-0.2, -0.15) is 0 Å². The van der Waals surface area contributed by atoms with E-state index in [0.717, 1.165) is 0 Å². The second kappa shape index (κ2) is 6.83. The van der Waals surface area contributed by atoms with Crippen LogP contribution in [0, 0.1) is 0 Å². The minimum Gasteiger partial charge on any atom is -0.477 e. The van der Waals surface area contributed by atoms with E-state index in [2.05, 4.69) is 26.1 Å². The van der Waals surface area contributed by atoms with Gasteiger partial charge in [0.15, 0.2) is 6.10 Å². The van der Waals surface area contributed by atoms with Crippen LogP contribution in [-0.2, 0) is 10.2 Å². The molecular weight excluding hydrogens is 328 g/mol. The zero-order chi connectivity index (χ0) is 18.9. The van der Waals surface area contributed by atoms with Gasteiger partial charge in [-0.1, -0.05) is 45.0 Å². The predicted molar refractivity (Wildman–Crippen MR) is 102 cm³/mol. The number of carbonyl (C=O) groups is 2. The molecule has 0 saturated carbocycles. The maximum absolute atomic E-state index is 13.1. The van der Waals surface area contributed by atoms with Crippen LogP contribution in [0.2, 0.25) is 0 Å². The van der Waals surface area contributed by atoms with Gasteiger partial charge < -0.3 is 15.0 Å². The first kappa shape index (κ1) is 18.0. The van der Waals surface area contributed by atoms with Crippen LogP contribution >= 0.6 is 0 Å². The average Bonchev–Trinajstić information content (AvgIpc) is 2.65. The largest absolute Gasteiger partial charge is 0.477 e. The van der Waals surface area contributed by atoms with Crippen molar-refractivity contribution in [1.29, 1.82) is 0 Å². The molecule has 0 aromatic heterocycles. The second-order valence-electron chi connectivity index (χ2n) is 7.43. The lowest BCUT2D eigenvalue weighted by Gasteiger charge is -2.34. The highest BCUT2D eigenvalue weighted by Gasteiger charge is 2.33. The number of nitrogens with one attached hydrogen (secondary N) is 1. The van der Waals surface area contributed by atoms with Crippen LogP contribution in [0.3, 0.4) is 0 Å². The van der Waals surface area contributed by atoms with Crippen LogP contribution in [0.4, 0.5) is 5.69 Å². The fourth-order valence-corrected chi connectivity index (χ4v) is 2.99. The SMILES string of the molecule is CNC(=O)C1CN(C(=O)c2ccc(C(C)(C)C)cc2)c2ccccc2O1. The Morgan fingerprint density at radius 3 is 2.35 bits per heavy atom. The fourth-order valence-electron chi connectivity index (χ4n) is 2.99. The first-order chi connectivity index (χ1) is 12.3. The van der Waals surface area contributed by atoms with Gasteiger partial charge in [0.25, 0.3) is 11.8 Å². The standard InChI is InChI=1S/C21H24N2O3/c1-21(2,3)15-11-9-14(10-12-15)20(25)23-13-18(19(24)22-4)26-17-8-6-5-7-16(17)23/h5-12,18H,13H2,1-4H3,(H,22,24). The Morgan fingerprint density at radius 2 is 1.73 bits per heavy atom. The molecular formula is C21H24N2O3. The molecule has 2 aromatic carbocycles. The van der Waals surface area contributed by atoms with E-state index in [0.29, 0.717) is 17.0 Å². The van der Waals surface area contributed by atoms with E-state index in [1.807, 2.05) is 42.5 Å². The zero-order valence-electron chi connectivity index (χ0n) is 15.6. The van der Waals surface area contributed by atoms with E-state index in [-0.39, 0.29) is 23.8 Å². The summed E-state index contributed by atoms with van der Waals surface area (Å²) in [4.78, 5) is 26.8. The summed E-state index contributed by atoms with van der Waals surface area (Å²) in [7, 11) is 1.56. The number of carbonyl (C=O) groups excluding carboxylic acids is 2. The number of ether oxygens (including phenoxy) is 1. The molecule has 5 nitrogen and oxygen atoms in total. The van der Waals surface area contributed by atoms with Crippen molar-refractivity contribution in [2.75, 3.05) is 18.5 Å². The summed E-state index contributed by atoms with van der Waals surface area (Å²) in [5.74, 6) is 0.141. The number of amides is 2. The molecule has 0 saturated heterocycles. The van der Waals surface area contributed by atoms with Crippen LogP contribution in [-0.4, -0.2) is 31.5 Å². The van der Waals surface area contributed by atoms with Gasteiger partial charge in [-0.3, -0.25) is 9.59 Å². The van der Waals surface area contributed by atoms with Gasteiger partial charge in [0, 0.05) is 12.6 Å². The molecule has 1 heterocycles. The van der Waals surface area contributed by atoms with E-state index in [4.69, 9.17) is 4.74 Å². The number of anilines is 1. The van der Waals surface area contributed by atoms with Crippen LogP contribution < -0.4 is 15.0 Å². The number of hydrogen-bond acceptors (Lipinski definition) is 3. The molecule has 1 unspecified atom stereocenters. The highest BCUT2D eigenvalue weighted by molar-refractivity contribution is 6.07. The summed E-state index contributed by atoms with van der Waals surface area (Å²) >= 11 is 0. The Bertz CT molecular complexity index is 822. The van der Waals surface area contributed by atoms with Gasteiger partial charge in [-0.05, 0) is 35.2 Å². The normalized spacial score (nSPS) is 16.5. The Hall–Kier alpha value is -2.82. The minimum absolute atomic E-state index is 0.0252. The van der Waals surface area contributed by atoms with Crippen molar-refractivity contribution in [1.82, 2.24) is 5.32 Å². The molecule has 2 amide bonds. The molecule has 136 valence electrons. The maximum Gasteiger partial charge on any atom is 0.262 e. The molecule has 0 spiro atoms. The van der Waals surface area contributed by atoms with Gasteiger partial charge in [0.05, 0.1) is 12.2 Å². The van der Waals surface area contributed by atoms with Gasteiger partial charge in [0.1, 0.15) is 5.75 Å². The molecule has 5 heteroatoms.